The molecule has 0 rings (SSSR count). The van der Waals surface area contributed by atoms with Gasteiger partial charge in [0.2, 0.25) is 0 Å². The second-order valence-corrected chi connectivity index (χ2v) is 3.05. The number of unbranched alkanes of at least 4 members (excludes halogenated alkanes) is 6. The third kappa shape index (κ3) is 66.4. The van der Waals surface area contributed by atoms with E-state index in [0.717, 1.165) is 25.7 Å². The molecule has 0 aliphatic carbocycles. The molecule has 9 heteroatoms. The summed E-state index contributed by atoms with van der Waals surface area (Å²) in [5, 5.41) is 32.1. The molecule has 0 heterocycles. The van der Waals surface area contributed by atoms with E-state index < -0.39 is 0 Å². The summed E-state index contributed by atoms with van der Waals surface area (Å²) in [4.78, 5) is 0. The van der Waals surface area contributed by atoms with E-state index >= 15 is 0 Å². The summed E-state index contributed by atoms with van der Waals surface area (Å²) in [6.45, 7) is 0. The normalized spacial score (nSPS) is 5.52. The van der Waals surface area contributed by atoms with Gasteiger partial charge >= 0.3 is 17.1 Å². The second-order valence-electron chi connectivity index (χ2n) is 3.05. The van der Waals surface area contributed by atoms with Crippen molar-refractivity contribution in [1.82, 2.24) is 0 Å². The molecule has 0 saturated heterocycles. The molecule has 4 N–H and O–H groups in total. The van der Waals surface area contributed by atoms with Crippen molar-refractivity contribution in [2.45, 2.75) is 51.4 Å². The van der Waals surface area contributed by atoms with Crippen molar-refractivity contribution < 1.29 is 51.2 Å². The van der Waals surface area contributed by atoms with E-state index in [1.807, 2.05) is 24.3 Å². The molecular weight excluding hydrogens is 419 g/mol. The van der Waals surface area contributed by atoms with Crippen LogP contribution in [0.2, 0.25) is 0 Å². The van der Waals surface area contributed by atoms with Crippen LogP contribution in [0.5, 0.6) is 0 Å². The van der Waals surface area contributed by atoms with Gasteiger partial charge in [0.05, 0.1) is 24.3 Å². The van der Waals surface area contributed by atoms with Gasteiger partial charge in [-0.05, 0) is 25.7 Å². The average molecular weight is 439 g/mol. The quantitative estimate of drug-likeness (QED) is 0.436. The molecule has 131 valence electrons. The first-order valence-electron chi connectivity index (χ1n) is 5.31. The molecule has 0 atom stereocenters. The Bertz CT molecular complexity index is 247. The Morgan fingerprint density at radius 2 is 0.619 bits per heavy atom. The van der Waals surface area contributed by atoms with Gasteiger partial charge in [0, 0.05) is 59.8 Å². The predicted molar refractivity (Wildman–Crippen MR) is 70.0 cm³/mol. The second kappa shape index (κ2) is 50.5. The van der Waals surface area contributed by atoms with Gasteiger partial charge in [-0.3, -0.25) is 0 Å². The van der Waals surface area contributed by atoms with Crippen molar-refractivity contribution in [2.75, 3.05) is 0 Å². The zero-order valence-corrected chi connectivity index (χ0v) is 14.3. The van der Waals surface area contributed by atoms with Crippen LogP contribution >= 0.6 is 0 Å². The van der Waals surface area contributed by atoms with Crippen molar-refractivity contribution in [3.8, 4) is 24.3 Å². The fraction of sp³-hybridized carbons (Fsp3) is 0.667. The van der Waals surface area contributed by atoms with Crippen LogP contribution in [0.25, 0.3) is 12.3 Å². The molecule has 0 saturated carbocycles. The van der Waals surface area contributed by atoms with Crippen LogP contribution in [0.3, 0.4) is 0 Å². The summed E-state index contributed by atoms with van der Waals surface area (Å²) in [5.74, 6) is 0. The number of nitrogens with two attached hydrogens (primary N) is 2. The number of hydrogen-bond acceptors (Lipinski definition) is 4. The van der Waals surface area contributed by atoms with Crippen LogP contribution in [0.1, 0.15) is 51.4 Å². The molecule has 0 spiro atoms. The maximum atomic E-state index is 8.03. The predicted octanol–water partition coefficient (Wildman–Crippen LogP) is 4.61. The minimum atomic E-state index is 0. The maximum absolute atomic E-state index is 8.03. The molecule has 6 nitrogen and oxygen atoms in total. The van der Waals surface area contributed by atoms with Crippen LogP contribution in [-0.4, -0.2) is 0 Å². The SMILES string of the molecule is N#CCCCCC#N.N#CCCCCC#N.[Cu+2].[Cu].[Cu].[NH2-].[NH2-]. The van der Waals surface area contributed by atoms with Crippen LogP contribution in [0.4, 0.5) is 0 Å². The van der Waals surface area contributed by atoms with Gasteiger partial charge in [0.1, 0.15) is 0 Å². The first-order chi connectivity index (χ1) is 7.83. The molecule has 0 fully saturated rings. The molecule has 0 unspecified atom stereocenters. The van der Waals surface area contributed by atoms with Gasteiger partial charge in [-0.25, -0.2) is 0 Å². The first-order valence-corrected chi connectivity index (χ1v) is 5.31. The van der Waals surface area contributed by atoms with Gasteiger partial charge in [0.15, 0.2) is 0 Å². The Kier molecular flexibility index (Phi) is 103. The third-order valence-electron chi connectivity index (χ3n) is 1.65. The van der Waals surface area contributed by atoms with Crippen molar-refractivity contribution in [1.29, 1.82) is 21.0 Å². The monoisotopic (exact) mass is 437 g/mol. The smallest absolute Gasteiger partial charge is 0.693 e. The maximum Gasteiger partial charge on any atom is 2.00 e. The van der Waals surface area contributed by atoms with Gasteiger partial charge < -0.3 is 12.3 Å². The van der Waals surface area contributed by atoms with E-state index in [-0.39, 0.29) is 63.5 Å². The molecule has 0 aromatic carbocycles. The van der Waals surface area contributed by atoms with Gasteiger partial charge in [-0.15, -0.1) is 0 Å². The topological polar surface area (TPSA) is 162 Å². The fourth-order valence-electron chi connectivity index (χ4n) is 0.816. The van der Waals surface area contributed by atoms with Crippen molar-refractivity contribution in [2.24, 2.45) is 0 Å². The standard InChI is InChI=1S/2C6H8N2.3Cu.2H2N/c2*7-5-3-1-2-4-6-8;;;;;/h2*1-4H2;;;;2*1H2/q;;;;+2;2*-1. The zero-order chi connectivity index (χ0) is 12.5. The van der Waals surface area contributed by atoms with Crippen LogP contribution < -0.4 is 0 Å². The van der Waals surface area contributed by atoms with Crippen molar-refractivity contribution in [3.05, 3.63) is 12.3 Å². The largest absolute Gasteiger partial charge is 2.00 e. The molecular formula is C12H20Cu3N6. The third-order valence-corrected chi connectivity index (χ3v) is 1.65. The summed E-state index contributed by atoms with van der Waals surface area (Å²) < 4.78 is 0. The Morgan fingerprint density at radius 1 is 0.476 bits per heavy atom. The Morgan fingerprint density at radius 3 is 0.714 bits per heavy atom. The van der Waals surface area contributed by atoms with Crippen molar-refractivity contribution >= 4 is 0 Å². The van der Waals surface area contributed by atoms with E-state index in [2.05, 4.69) is 0 Å². The summed E-state index contributed by atoms with van der Waals surface area (Å²) >= 11 is 0. The van der Waals surface area contributed by atoms with E-state index in [1.165, 1.54) is 0 Å². The molecule has 0 aliphatic rings. The number of hydrogen-bond donors (Lipinski definition) is 0. The average Bonchev–Trinajstić information content (AvgIpc) is 2.31. The van der Waals surface area contributed by atoms with Gasteiger partial charge in [-0.2, -0.15) is 21.0 Å². The summed E-state index contributed by atoms with van der Waals surface area (Å²) in [7, 11) is 0. The molecule has 3 radical (unpaired) electrons. The minimum Gasteiger partial charge on any atom is -0.693 e. The van der Waals surface area contributed by atoms with E-state index in [4.69, 9.17) is 21.0 Å². The number of nitrogens with zero attached hydrogens (tertiary/aromatic N) is 4. The van der Waals surface area contributed by atoms with Crippen LogP contribution in [-0.2, 0) is 51.2 Å². The molecule has 0 aromatic rings. The fourth-order valence-corrected chi connectivity index (χ4v) is 0.816. The number of rotatable bonds is 6. The molecule has 0 aliphatic heterocycles. The number of nitriles is 4. The van der Waals surface area contributed by atoms with Crippen LogP contribution in [0.15, 0.2) is 0 Å². The Hall–Kier alpha value is -0.562. The van der Waals surface area contributed by atoms with Gasteiger partial charge in [0.25, 0.3) is 0 Å². The zero-order valence-electron chi connectivity index (χ0n) is 11.5. The van der Waals surface area contributed by atoms with Crippen LogP contribution in [0, 0.1) is 45.3 Å². The molecule has 0 bridgehead atoms. The molecule has 0 amide bonds. The summed E-state index contributed by atoms with van der Waals surface area (Å²) in [6, 6.07) is 8.07. The van der Waals surface area contributed by atoms with Crippen molar-refractivity contribution in [3.63, 3.8) is 0 Å². The summed E-state index contributed by atoms with van der Waals surface area (Å²) in [6.07, 6.45) is 5.80. The Balaban J connectivity index is -0.0000000302. The van der Waals surface area contributed by atoms with E-state index in [0.29, 0.717) is 25.7 Å². The molecule has 0 aromatic heterocycles. The van der Waals surface area contributed by atoms with Gasteiger partial charge in [-0.1, -0.05) is 0 Å². The first kappa shape index (κ1) is 42.8. The molecule has 21 heavy (non-hydrogen) atoms. The Labute approximate surface area is 159 Å². The van der Waals surface area contributed by atoms with E-state index in [1.54, 1.807) is 0 Å². The summed E-state index contributed by atoms with van der Waals surface area (Å²) in [5.41, 5.74) is 0. The minimum absolute atomic E-state index is 0. The van der Waals surface area contributed by atoms with E-state index in [9.17, 15) is 0 Å².